The van der Waals surface area contributed by atoms with E-state index in [0.29, 0.717) is 13.2 Å². The molecule has 6 nitrogen and oxygen atoms in total. The second-order valence-corrected chi connectivity index (χ2v) is 8.05. The highest BCUT2D eigenvalue weighted by Gasteiger charge is 2.40. The molecule has 0 saturated carbocycles. The molecule has 0 aliphatic carbocycles. The lowest BCUT2D eigenvalue weighted by atomic mass is 9.95. The molecule has 2 heterocycles. The van der Waals surface area contributed by atoms with Gasteiger partial charge in [-0.25, -0.2) is 0 Å². The van der Waals surface area contributed by atoms with Crippen LogP contribution in [-0.4, -0.2) is 74.4 Å². The van der Waals surface area contributed by atoms with Gasteiger partial charge in [0.1, 0.15) is 5.75 Å². The van der Waals surface area contributed by atoms with Gasteiger partial charge in [-0.2, -0.15) is 11.8 Å². The highest BCUT2D eigenvalue weighted by atomic mass is 127. The van der Waals surface area contributed by atoms with Crippen LogP contribution in [0.3, 0.4) is 0 Å². The van der Waals surface area contributed by atoms with Crippen LogP contribution in [0, 0.1) is 0 Å². The molecule has 158 valence electrons. The number of nitrogens with one attached hydrogen (secondary N) is 2. The van der Waals surface area contributed by atoms with Crippen molar-refractivity contribution >= 4 is 41.7 Å². The Kier molecular flexibility index (Phi) is 10.2. The van der Waals surface area contributed by atoms with Crippen LogP contribution in [0.2, 0.25) is 0 Å². The summed E-state index contributed by atoms with van der Waals surface area (Å²) in [4.78, 5) is 7.03. The van der Waals surface area contributed by atoms with Crippen LogP contribution in [-0.2, 0) is 11.3 Å². The molecule has 1 aromatic rings. The van der Waals surface area contributed by atoms with Crippen molar-refractivity contribution in [2.45, 2.75) is 25.4 Å². The van der Waals surface area contributed by atoms with Crippen LogP contribution >= 0.6 is 35.7 Å². The first kappa shape index (κ1) is 23.6. The first-order valence-electron chi connectivity index (χ1n) is 9.83. The van der Waals surface area contributed by atoms with Crippen LogP contribution in [0.1, 0.15) is 18.9 Å². The third-order valence-electron chi connectivity index (χ3n) is 5.29. The number of rotatable bonds is 7. The molecule has 1 unspecified atom stereocenters. The normalized spacial score (nSPS) is 23.1. The van der Waals surface area contributed by atoms with E-state index in [2.05, 4.69) is 38.4 Å². The fourth-order valence-electron chi connectivity index (χ4n) is 3.73. The second kappa shape index (κ2) is 12.1. The number of nitrogens with zero attached hydrogens (tertiary/aromatic N) is 2. The van der Waals surface area contributed by atoms with Crippen molar-refractivity contribution in [1.29, 1.82) is 0 Å². The standard InChI is InChI=1S/C20H32N4O2S.HI/c1-3-26-18-7-5-4-6-17(18)14-22-19(21-2)23-15-20(8-13-27-16-20)24-9-11-25-12-10-24;/h4-7H,3,8-16H2,1-2H3,(H2,21,22,23);1H. The minimum absolute atomic E-state index is 0. The molecular formula is C20H33IN4O2S. The van der Waals surface area contributed by atoms with Gasteiger partial charge in [0, 0.05) is 50.1 Å². The van der Waals surface area contributed by atoms with Gasteiger partial charge in [0.15, 0.2) is 5.96 Å². The van der Waals surface area contributed by atoms with E-state index in [-0.39, 0.29) is 29.5 Å². The van der Waals surface area contributed by atoms with E-state index >= 15 is 0 Å². The number of hydrogen-bond donors (Lipinski definition) is 2. The number of morpholine rings is 1. The molecule has 2 saturated heterocycles. The molecule has 2 aliphatic heterocycles. The van der Waals surface area contributed by atoms with E-state index in [0.717, 1.165) is 50.1 Å². The van der Waals surface area contributed by atoms with Crippen molar-refractivity contribution in [2.24, 2.45) is 4.99 Å². The molecule has 3 rings (SSSR count). The van der Waals surface area contributed by atoms with Crippen LogP contribution in [0.5, 0.6) is 5.75 Å². The number of aliphatic imine (C=N–C) groups is 1. The predicted molar refractivity (Wildman–Crippen MR) is 128 cm³/mol. The van der Waals surface area contributed by atoms with Gasteiger partial charge in [-0.3, -0.25) is 9.89 Å². The molecule has 8 heteroatoms. The van der Waals surface area contributed by atoms with E-state index in [9.17, 15) is 0 Å². The van der Waals surface area contributed by atoms with E-state index in [1.807, 2.05) is 32.2 Å². The van der Waals surface area contributed by atoms with Crippen molar-refractivity contribution in [3.8, 4) is 5.75 Å². The Hall–Kier alpha value is -0.710. The fourth-order valence-corrected chi connectivity index (χ4v) is 5.21. The number of guanidine groups is 1. The third-order valence-corrected chi connectivity index (χ3v) is 6.53. The average Bonchev–Trinajstić information content (AvgIpc) is 3.20. The molecule has 0 radical (unpaired) electrons. The summed E-state index contributed by atoms with van der Waals surface area (Å²) in [6, 6.07) is 8.15. The average molecular weight is 520 g/mol. The molecule has 0 spiro atoms. The first-order valence-corrected chi connectivity index (χ1v) is 11.0. The van der Waals surface area contributed by atoms with E-state index in [1.54, 1.807) is 0 Å². The summed E-state index contributed by atoms with van der Waals surface area (Å²) in [6.07, 6.45) is 1.22. The van der Waals surface area contributed by atoms with Gasteiger partial charge in [-0.1, -0.05) is 18.2 Å². The lowest BCUT2D eigenvalue weighted by Crippen LogP contribution is -2.60. The van der Waals surface area contributed by atoms with Crippen molar-refractivity contribution in [3.63, 3.8) is 0 Å². The maximum absolute atomic E-state index is 5.72. The SMILES string of the molecule is CCOc1ccccc1CNC(=NC)NCC1(N2CCOCC2)CCSC1.I. The number of ether oxygens (including phenoxy) is 2. The third kappa shape index (κ3) is 6.14. The molecule has 2 N–H and O–H groups in total. The van der Waals surface area contributed by atoms with Crippen molar-refractivity contribution in [2.75, 3.05) is 58.0 Å². The number of halogens is 1. The fraction of sp³-hybridized carbons (Fsp3) is 0.650. The monoisotopic (exact) mass is 520 g/mol. The Morgan fingerprint density at radius 3 is 2.75 bits per heavy atom. The molecule has 2 fully saturated rings. The van der Waals surface area contributed by atoms with Crippen LogP contribution < -0.4 is 15.4 Å². The van der Waals surface area contributed by atoms with Crippen molar-refractivity contribution < 1.29 is 9.47 Å². The van der Waals surface area contributed by atoms with Crippen LogP contribution in [0.15, 0.2) is 29.3 Å². The van der Waals surface area contributed by atoms with Crippen molar-refractivity contribution in [3.05, 3.63) is 29.8 Å². The Morgan fingerprint density at radius 2 is 2.07 bits per heavy atom. The molecule has 0 amide bonds. The topological polar surface area (TPSA) is 58.1 Å². The first-order chi connectivity index (χ1) is 13.3. The van der Waals surface area contributed by atoms with Gasteiger partial charge < -0.3 is 20.1 Å². The molecule has 1 atom stereocenters. The number of thioether (sulfide) groups is 1. The minimum atomic E-state index is 0. The molecule has 0 bridgehead atoms. The van der Waals surface area contributed by atoms with E-state index in [1.165, 1.54) is 17.9 Å². The molecular weight excluding hydrogens is 487 g/mol. The summed E-state index contributed by atoms with van der Waals surface area (Å²) in [5.41, 5.74) is 1.34. The zero-order valence-electron chi connectivity index (χ0n) is 16.9. The summed E-state index contributed by atoms with van der Waals surface area (Å²) in [7, 11) is 1.83. The second-order valence-electron chi connectivity index (χ2n) is 6.95. The van der Waals surface area contributed by atoms with Crippen LogP contribution in [0.25, 0.3) is 0 Å². The number of benzene rings is 1. The predicted octanol–water partition coefficient (Wildman–Crippen LogP) is 2.58. The van der Waals surface area contributed by atoms with Gasteiger partial charge in [-0.15, -0.1) is 24.0 Å². The quantitative estimate of drug-likeness (QED) is 0.328. The van der Waals surface area contributed by atoms with E-state index in [4.69, 9.17) is 9.47 Å². The lowest BCUT2D eigenvalue weighted by molar-refractivity contribution is -0.0120. The smallest absolute Gasteiger partial charge is 0.191 e. The van der Waals surface area contributed by atoms with Gasteiger partial charge in [0.05, 0.1) is 19.8 Å². The van der Waals surface area contributed by atoms with Gasteiger partial charge in [0.25, 0.3) is 0 Å². The summed E-state index contributed by atoms with van der Waals surface area (Å²) in [5.74, 6) is 4.17. The summed E-state index contributed by atoms with van der Waals surface area (Å²) in [5, 5.41) is 7.01. The zero-order chi connectivity index (χ0) is 19.0. The van der Waals surface area contributed by atoms with E-state index < -0.39 is 0 Å². The molecule has 2 aliphatic rings. The highest BCUT2D eigenvalue weighted by molar-refractivity contribution is 14.0. The van der Waals surface area contributed by atoms with Gasteiger partial charge >= 0.3 is 0 Å². The summed E-state index contributed by atoms with van der Waals surface area (Å²) < 4.78 is 11.3. The zero-order valence-corrected chi connectivity index (χ0v) is 20.1. The van der Waals surface area contributed by atoms with Crippen molar-refractivity contribution in [1.82, 2.24) is 15.5 Å². The van der Waals surface area contributed by atoms with Crippen LogP contribution in [0.4, 0.5) is 0 Å². The Bertz CT molecular complexity index is 620. The lowest BCUT2D eigenvalue weighted by Gasteiger charge is -2.43. The Morgan fingerprint density at radius 1 is 1.29 bits per heavy atom. The largest absolute Gasteiger partial charge is 0.494 e. The minimum Gasteiger partial charge on any atom is -0.494 e. The van der Waals surface area contributed by atoms with Gasteiger partial charge in [-0.05, 0) is 25.2 Å². The molecule has 1 aromatic carbocycles. The molecule has 0 aromatic heterocycles. The summed E-state index contributed by atoms with van der Waals surface area (Å²) in [6.45, 7) is 8.01. The number of hydrogen-bond acceptors (Lipinski definition) is 5. The molecule has 28 heavy (non-hydrogen) atoms. The maximum atomic E-state index is 5.72. The Balaban J connectivity index is 0.00000280. The van der Waals surface area contributed by atoms with Gasteiger partial charge in [0.2, 0.25) is 0 Å². The Labute approximate surface area is 190 Å². The number of para-hydroxylation sites is 1. The highest BCUT2D eigenvalue weighted by Crippen LogP contribution is 2.33. The summed E-state index contributed by atoms with van der Waals surface area (Å²) >= 11 is 2.05. The maximum Gasteiger partial charge on any atom is 0.191 e.